The van der Waals surface area contributed by atoms with Crippen molar-refractivity contribution >= 4 is 44.2 Å². The van der Waals surface area contributed by atoms with Gasteiger partial charge in [0.15, 0.2) is 11.5 Å². The summed E-state index contributed by atoms with van der Waals surface area (Å²) >= 11 is 0. The standard InChI is InChI=1S/C30H37N7O5S/c1-30(2,3)20-17-21(27(41-5)22(18-20)35-43(6,39)40)33-28(38)23-16-19-8-7-9-24(26(19)36(23)4)42-25-10-11-32-29(34-25)37-14-12-31-13-15-37/h7-11,16-18,31,35H,12-15H2,1-6H3,(H,33,38). The fraction of sp³-hybridized carbons (Fsp3) is 0.367. The maximum Gasteiger partial charge on any atom is 0.272 e. The monoisotopic (exact) mass is 607 g/mol. The van der Waals surface area contributed by atoms with Crippen LogP contribution in [0.1, 0.15) is 36.8 Å². The molecule has 1 aliphatic rings. The molecule has 3 heterocycles. The molecule has 228 valence electrons. The quantitative estimate of drug-likeness (QED) is 0.270. The number of para-hydroxylation sites is 1. The average molecular weight is 608 g/mol. The molecule has 2 aromatic heterocycles. The number of sulfonamides is 1. The van der Waals surface area contributed by atoms with Crippen molar-refractivity contribution < 1.29 is 22.7 Å². The third kappa shape index (κ3) is 6.67. The summed E-state index contributed by atoms with van der Waals surface area (Å²) in [5, 5.41) is 7.06. The van der Waals surface area contributed by atoms with Gasteiger partial charge in [0.2, 0.25) is 21.9 Å². The molecule has 4 aromatic rings. The second-order valence-corrected chi connectivity index (χ2v) is 13.2. The lowest BCUT2D eigenvalue weighted by Gasteiger charge is -2.27. The van der Waals surface area contributed by atoms with E-state index in [0.29, 0.717) is 34.5 Å². The second kappa shape index (κ2) is 11.7. The van der Waals surface area contributed by atoms with E-state index >= 15 is 0 Å². The van der Waals surface area contributed by atoms with E-state index in [1.807, 2.05) is 39.0 Å². The Labute approximate surface area is 251 Å². The van der Waals surface area contributed by atoms with Crippen molar-refractivity contribution in [1.82, 2.24) is 19.9 Å². The number of aromatic nitrogens is 3. The van der Waals surface area contributed by atoms with Crippen molar-refractivity contribution in [2.75, 3.05) is 54.5 Å². The van der Waals surface area contributed by atoms with Crippen LogP contribution in [0, 0.1) is 0 Å². The van der Waals surface area contributed by atoms with Gasteiger partial charge in [-0.3, -0.25) is 9.52 Å². The molecule has 5 rings (SSSR count). The van der Waals surface area contributed by atoms with Crippen LogP contribution in [-0.4, -0.2) is 68.4 Å². The first kappa shape index (κ1) is 30.1. The van der Waals surface area contributed by atoms with Gasteiger partial charge in [-0.25, -0.2) is 13.4 Å². The van der Waals surface area contributed by atoms with Crippen LogP contribution in [-0.2, 0) is 22.5 Å². The number of carbonyl (C=O) groups excluding carboxylic acids is 1. The number of aryl methyl sites for hydroxylation is 1. The highest BCUT2D eigenvalue weighted by molar-refractivity contribution is 7.92. The third-order valence-electron chi connectivity index (χ3n) is 7.19. The maximum atomic E-state index is 13.7. The van der Waals surface area contributed by atoms with Crippen LogP contribution in [0.4, 0.5) is 17.3 Å². The van der Waals surface area contributed by atoms with Crippen LogP contribution in [0.3, 0.4) is 0 Å². The number of nitrogens with zero attached hydrogens (tertiary/aromatic N) is 4. The van der Waals surface area contributed by atoms with Crippen LogP contribution in [0.2, 0.25) is 0 Å². The van der Waals surface area contributed by atoms with Gasteiger partial charge >= 0.3 is 0 Å². The molecule has 0 spiro atoms. The number of anilines is 3. The summed E-state index contributed by atoms with van der Waals surface area (Å²) in [6, 6.07) is 12.6. The van der Waals surface area contributed by atoms with E-state index in [0.717, 1.165) is 43.4 Å². The van der Waals surface area contributed by atoms with Gasteiger partial charge in [0.05, 0.1) is 30.3 Å². The number of nitrogens with one attached hydrogen (secondary N) is 3. The molecule has 2 aromatic carbocycles. The molecular weight excluding hydrogens is 570 g/mol. The Morgan fingerprint density at radius 1 is 1.07 bits per heavy atom. The number of fused-ring (bicyclic) bond motifs is 1. The Morgan fingerprint density at radius 2 is 1.79 bits per heavy atom. The Hall–Kier alpha value is -4.36. The predicted octanol–water partition coefficient (Wildman–Crippen LogP) is 4.10. The molecule has 0 bridgehead atoms. The van der Waals surface area contributed by atoms with E-state index in [-0.39, 0.29) is 16.9 Å². The molecule has 12 nitrogen and oxygen atoms in total. The molecule has 0 aliphatic carbocycles. The van der Waals surface area contributed by atoms with Gasteiger partial charge in [-0.15, -0.1) is 0 Å². The Bertz CT molecular complexity index is 1770. The Balaban J connectivity index is 1.48. The van der Waals surface area contributed by atoms with E-state index in [4.69, 9.17) is 9.47 Å². The van der Waals surface area contributed by atoms with Gasteiger partial charge < -0.3 is 29.6 Å². The van der Waals surface area contributed by atoms with Crippen molar-refractivity contribution in [3.8, 4) is 17.4 Å². The first-order valence-electron chi connectivity index (χ1n) is 13.9. The molecule has 1 fully saturated rings. The summed E-state index contributed by atoms with van der Waals surface area (Å²) in [5.74, 6) is 1.35. The minimum atomic E-state index is -3.61. The SMILES string of the molecule is COc1c(NC(=O)c2cc3cccc(Oc4ccnc(N5CCNCC5)n4)c3n2C)cc(C(C)(C)C)cc1NS(C)(=O)=O. The maximum absolute atomic E-state index is 13.7. The minimum Gasteiger partial charge on any atom is -0.492 e. The summed E-state index contributed by atoms with van der Waals surface area (Å²) in [7, 11) is -0.394. The Morgan fingerprint density at radius 3 is 2.47 bits per heavy atom. The number of rotatable bonds is 8. The summed E-state index contributed by atoms with van der Waals surface area (Å²) in [6.07, 6.45) is 2.74. The number of hydrogen-bond acceptors (Lipinski definition) is 9. The van der Waals surface area contributed by atoms with Crippen molar-refractivity contribution in [1.29, 1.82) is 0 Å². The highest BCUT2D eigenvalue weighted by Gasteiger charge is 2.24. The minimum absolute atomic E-state index is 0.207. The summed E-state index contributed by atoms with van der Waals surface area (Å²) < 4.78 is 40.3. The molecule has 1 saturated heterocycles. The zero-order chi connectivity index (χ0) is 30.9. The molecule has 1 amide bonds. The van der Waals surface area contributed by atoms with Crippen molar-refractivity contribution in [2.24, 2.45) is 7.05 Å². The van der Waals surface area contributed by atoms with Gasteiger partial charge in [-0.2, -0.15) is 4.98 Å². The third-order valence-corrected chi connectivity index (χ3v) is 7.78. The van der Waals surface area contributed by atoms with Gasteiger partial charge in [-0.05, 0) is 35.2 Å². The molecule has 3 N–H and O–H groups in total. The van der Waals surface area contributed by atoms with E-state index in [2.05, 4.69) is 30.2 Å². The fourth-order valence-electron chi connectivity index (χ4n) is 5.04. The second-order valence-electron chi connectivity index (χ2n) is 11.5. The Kier molecular flexibility index (Phi) is 8.21. The summed E-state index contributed by atoms with van der Waals surface area (Å²) in [5.41, 5.74) is 2.14. The normalized spacial score (nSPS) is 14.0. The van der Waals surface area contributed by atoms with Crippen molar-refractivity contribution in [3.05, 3.63) is 59.9 Å². The smallest absolute Gasteiger partial charge is 0.272 e. The van der Waals surface area contributed by atoms with Gasteiger partial charge in [0, 0.05) is 50.9 Å². The van der Waals surface area contributed by atoms with Crippen LogP contribution in [0.5, 0.6) is 17.4 Å². The van der Waals surface area contributed by atoms with E-state index in [9.17, 15) is 13.2 Å². The van der Waals surface area contributed by atoms with Gasteiger partial charge in [0.1, 0.15) is 5.69 Å². The van der Waals surface area contributed by atoms with Gasteiger partial charge in [-0.1, -0.05) is 32.9 Å². The van der Waals surface area contributed by atoms with Crippen molar-refractivity contribution in [3.63, 3.8) is 0 Å². The molecule has 1 aliphatic heterocycles. The van der Waals surface area contributed by atoms with Crippen LogP contribution in [0.15, 0.2) is 48.7 Å². The molecule has 0 atom stereocenters. The number of ether oxygens (including phenoxy) is 2. The van der Waals surface area contributed by atoms with E-state index in [1.54, 1.807) is 42.1 Å². The average Bonchev–Trinajstić information content (AvgIpc) is 3.29. The number of benzene rings is 2. The first-order chi connectivity index (χ1) is 20.3. The highest BCUT2D eigenvalue weighted by Crippen LogP contribution is 2.40. The van der Waals surface area contributed by atoms with Crippen LogP contribution < -0.4 is 29.7 Å². The summed E-state index contributed by atoms with van der Waals surface area (Å²) in [4.78, 5) is 24.9. The molecule has 13 heteroatoms. The number of methoxy groups -OCH3 is 1. The first-order valence-corrected chi connectivity index (χ1v) is 15.8. The predicted molar refractivity (Wildman–Crippen MR) is 168 cm³/mol. The van der Waals surface area contributed by atoms with Crippen molar-refractivity contribution in [2.45, 2.75) is 26.2 Å². The van der Waals surface area contributed by atoms with Crippen LogP contribution in [0.25, 0.3) is 10.9 Å². The molecule has 43 heavy (non-hydrogen) atoms. The van der Waals surface area contributed by atoms with Gasteiger partial charge in [0.25, 0.3) is 5.91 Å². The largest absolute Gasteiger partial charge is 0.492 e. The lowest BCUT2D eigenvalue weighted by Crippen LogP contribution is -2.44. The number of carbonyl (C=O) groups is 1. The zero-order valence-corrected chi connectivity index (χ0v) is 26.0. The molecule has 0 radical (unpaired) electrons. The lowest BCUT2D eigenvalue weighted by molar-refractivity contribution is 0.101. The number of piperazine rings is 1. The molecular formula is C30H37N7O5S. The topological polar surface area (TPSA) is 140 Å². The molecule has 0 unspecified atom stereocenters. The number of hydrogen-bond donors (Lipinski definition) is 3. The zero-order valence-electron chi connectivity index (χ0n) is 25.2. The lowest BCUT2D eigenvalue weighted by atomic mass is 9.86. The van der Waals surface area contributed by atoms with E-state index in [1.165, 1.54) is 7.11 Å². The van der Waals surface area contributed by atoms with E-state index < -0.39 is 15.9 Å². The number of amides is 1. The molecule has 0 saturated carbocycles. The highest BCUT2D eigenvalue weighted by atomic mass is 32.2. The summed E-state index contributed by atoms with van der Waals surface area (Å²) in [6.45, 7) is 9.35. The fourth-order valence-corrected chi connectivity index (χ4v) is 5.59. The van der Waals surface area contributed by atoms with Crippen LogP contribution >= 0.6 is 0 Å².